The molecule has 4 aliphatic heterocycles. The molecule has 1 atom stereocenters. The summed E-state index contributed by atoms with van der Waals surface area (Å²) in [6.07, 6.45) is 1.19. The maximum absolute atomic E-state index is 14.1. The van der Waals surface area contributed by atoms with Crippen LogP contribution in [0.15, 0.2) is 54.6 Å². The fourth-order valence-corrected chi connectivity index (χ4v) is 5.70. The van der Waals surface area contributed by atoms with Crippen molar-refractivity contribution in [2.24, 2.45) is 0 Å². The van der Waals surface area contributed by atoms with Gasteiger partial charge in [-0.2, -0.15) is 0 Å². The molecule has 3 amide bonds. The molecule has 1 N–H and O–H groups in total. The molecule has 4 heterocycles. The van der Waals surface area contributed by atoms with Gasteiger partial charge in [-0.05, 0) is 78.4 Å². The van der Waals surface area contributed by atoms with Gasteiger partial charge in [-0.1, -0.05) is 18.2 Å². The Morgan fingerprint density at radius 2 is 1.88 bits per heavy atom. The molecule has 0 radical (unpaired) electrons. The number of hydrogen-bond acceptors (Lipinski definition) is 7. The predicted molar refractivity (Wildman–Crippen MR) is 154 cm³/mol. The number of fused-ring (bicyclic) bond motifs is 9. The summed E-state index contributed by atoms with van der Waals surface area (Å²) >= 11 is 0. The minimum Gasteiger partial charge on any atom is -0.494 e. The zero-order chi connectivity index (χ0) is 29.2. The van der Waals surface area contributed by atoms with Crippen molar-refractivity contribution >= 4 is 23.4 Å². The average molecular weight is 572 g/mol. The summed E-state index contributed by atoms with van der Waals surface area (Å²) in [4.78, 5) is 42.8. The van der Waals surface area contributed by atoms with E-state index in [2.05, 4.69) is 5.32 Å². The Balaban J connectivity index is 1.40. The monoisotopic (exact) mass is 571 g/mol. The van der Waals surface area contributed by atoms with Crippen LogP contribution in [-0.4, -0.2) is 69.2 Å². The normalized spacial score (nSPS) is 18.3. The number of rotatable bonds is 3. The van der Waals surface area contributed by atoms with Gasteiger partial charge in [0, 0.05) is 13.1 Å². The van der Waals surface area contributed by atoms with Crippen molar-refractivity contribution in [1.29, 1.82) is 0 Å². The Morgan fingerprint density at radius 3 is 2.74 bits per heavy atom. The van der Waals surface area contributed by atoms with E-state index in [1.54, 1.807) is 7.11 Å². The van der Waals surface area contributed by atoms with Gasteiger partial charge in [0.2, 0.25) is 5.91 Å². The van der Waals surface area contributed by atoms with Crippen LogP contribution in [0.2, 0.25) is 0 Å². The zero-order valence-electron chi connectivity index (χ0n) is 23.7. The van der Waals surface area contributed by atoms with E-state index in [9.17, 15) is 14.4 Å². The average Bonchev–Trinajstić information content (AvgIpc) is 2.99. The second-order valence-corrected chi connectivity index (χ2v) is 10.6. The SMILES string of the molecule is COc1cc2c3cc1OCC(=O)NCCCOc1cccc(c1)C2N(C(=O)CN1C(=O)COc2ccc(C)cc21)CC3. The standard InChI is InChI=1S/C32H33N3O7/c1-20-7-8-26-25(13-20)35(31(38)19-42-26)17-30(37)34-11-9-21-15-28-27(39-2)16-24(21)32(34)22-5-3-6-23(14-22)40-12-4-10-33-29(36)18-41-28/h3,5-8,13-16,32H,4,9-12,17-19H2,1-2H3,(H,33,36). The Labute approximate surface area is 244 Å². The molecule has 218 valence electrons. The van der Waals surface area contributed by atoms with E-state index in [4.69, 9.17) is 18.9 Å². The van der Waals surface area contributed by atoms with Gasteiger partial charge in [0.1, 0.15) is 18.0 Å². The highest BCUT2D eigenvalue weighted by atomic mass is 16.5. The van der Waals surface area contributed by atoms with Crippen molar-refractivity contribution in [2.45, 2.75) is 25.8 Å². The van der Waals surface area contributed by atoms with E-state index in [1.165, 1.54) is 4.90 Å². The van der Waals surface area contributed by atoms with Gasteiger partial charge in [0.15, 0.2) is 24.7 Å². The lowest BCUT2D eigenvalue weighted by molar-refractivity contribution is -0.133. The van der Waals surface area contributed by atoms with Crippen molar-refractivity contribution in [2.75, 3.05) is 51.5 Å². The highest BCUT2D eigenvalue weighted by Crippen LogP contribution is 2.42. The number of methoxy groups -OCH3 is 1. The van der Waals surface area contributed by atoms with Crippen LogP contribution in [-0.2, 0) is 20.8 Å². The summed E-state index contributed by atoms with van der Waals surface area (Å²) in [5.41, 5.74) is 4.31. The largest absolute Gasteiger partial charge is 0.494 e. The molecule has 3 aromatic rings. The Morgan fingerprint density at radius 1 is 1.02 bits per heavy atom. The number of nitrogens with one attached hydrogen (secondary N) is 1. The number of nitrogens with zero attached hydrogens (tertiary/aromatic N) is 2. The third kappa shape index (κ3) is 5.44. The molecule has 10 heteroatoms. The minimum absolute atomic E-state index is 0.117. The lowest BCUT2D eigenvalue weighted by Crippen LogP contribution is -2.49. The highest BCUT2D eigenvalue weighted by molar-refractivity contribution is 6.02. The smallest absolute Gasteiger partial charge is 0.265 e. The molecule has 0 aliphatic carbocycles. The van der Waals surface area contributed by atoms with Gasteiger partial charge in [-0.15, -0.1) is 0 Å². The number of hydrogen-bond donors (Lipinski definition) is 1. The molecule has 6 bridgehead atoms. The van der Waals surface area contributed by atoms with Crippen molar-refractivity contribution in [1.82, 2.24) is 10.2 Å². The van der Waals surface area contributed by atoms with E-state index in [1.807, 2.05) is 66.4 Å². The van der Waals surface area contributed by atoms with E-state index in [0.717, 1.165) is 22.3 Å². The van der Waals surface area contributed by atoms with Crippen LogP contribution in [0, 0.1) is 6.92 Å². The number of ether oxygens (including phenoxy) is 4. The Kier molecular flexibility index (Phi) is 7.60. The van der Waals surface area contributed by atoms with Gasteiger partial charge in [-0.25, -0.2) is 0 Å². The van der Waals surface area contributed by atoms with Crippen molar-refractivity contribution in [3.05, 3.63) is 76.9 Å². The van der Waals surface area contributed by atoms with Gasteiger partial charge in [0.05, 0.1) is 25.4 Å². The maximum atomic E-state index is 14.1. The van der Waals surface area contributed by atoms with Crippen LogP contribution in [0.1, 0.15) is 34.7 Å². The minimum atomic E-state index is -0.461. The van der Waals surface area contributed by atoms with Crippen LogP contribution in [0.25, 0.3) is 0 Å². The first kappa shape index (κ1) is 27.4. The number of aryl methyl sites for hydroxylation is 1. The molecule has 0 saturated heterocycles. The second-order valence-electron chi connectivity index (χ2n) is 10.6. The maximum Gasteiger partial charge on any atom is 0.265 e. The third-order valence-corrected chi connectivity index (χ3v) is 7.77. The summed E-state index contributed by atoms with van der Waals surface area (Å²) in [6, 6.07) is 16.6. The molecule has 10 nitrogen and oxygen atoms in total. The lowest BCUT2D eigenvalue weighted by Gasteiger charge is -2.39. The first-order valence-corrected chi connectivity index (χ1v) is 14.1. The zero-order valence-corrected chi connectivity index (χ0v) is 23.7. The quantitative estimate of drug-likeness (QED) is 0.515. The molecule has 0 saturated carbocycles. The van der Waals surface area contributed by atoms with Crippen molar-refractivity contribution in [3.8, 4) is 23.0 Å². The van der Waals surface area contributed by atoms with E-state index < -0.39 is 6.04 Å². The van der Waals surface area contributed by atoms with E-state index >= 15 is 0 Å². The fourth-order valence-electron chi connectivity index (χ4n) is 5.70. The van der Waals surface area contributed by atoms with Crippen LogP contribution in [0.4, 0.5) is 5.69 Å². The molecule has 42 heavy (non-hydrogen) atoms. The molecule has 0 spiro atoms. The molecule has 1 unspecified atom stereocenters. The topological polar surface area (TPSA) is 107 Å². The molecule has 0 aromatic heterocycles. The summed E-state index contributed by atoms with van der Waals surface area (Å²) in [5.74, 6) is 1.51. The summed E-state index contributed by atoms with van der Waals surface area (Å²) < 4.78 is 23.2. The Bertz CT molecular complexity index is 1540. The predicted octanol–water partition coefficient (Wildman–Crippen LogP) is 3.18. The summed E-state index contributed by atoms with van der Waals surface area (Å²) in [7, 11) is 1.55. The van der Waals surface area contributed by atoms with Crippen LogP contribution < -0.4 is 29.2 Å². The van der Waals surface area contributed by atoms with Crippen LogP contribution >= 0.6 is 0 Å². The number of amides is 3. The molecular formula is C32H33N3O7. The molecular weight excluding hydrogens is 538 g/mol. The Hall–Kier alpha value is -4.73. The number of carbonyl (C=O) groups excluding carboxylic acids is 3. The van der Waals surface area contributed by atoms with Gasteiger partial charge < -0.3 is 29.2 Å². The lowest BCUT2D eigenvalue weighted by atomic mass is 9.87. The van der Waals surface area contributed by atoms with Crippen molar-refractivity contribution < 1.29 is 33.3 Å². The van der Waals surface area contributed by atoms with E-state index in [-0.39, 0.29) is 37.5 Å². The van der Waals surface area contributed by atoms with Gasteiger partial charge >= 0.3 is 0 Å². The van der Waals surface area contributed by atoms with Crippen LogP contribution in [0.3, 0.4) is 0 Å². The molecule has 0 fully saturated rings. The molecule has 7 rings (SSSR count). The highest BCUT2D eigenvalue weighted by Gasteiger charge is 2.36. The number of carbonyl (C=O) groups is 3. The van der Waals surface area contributed by atoms with E-state index in [0.29, 0.717) is 61.2 Å². The number of benzene rings is 3. The number of anilines is 1. The third-order valence-electron chi connectivity index (χ3n) is 7.77. The first-order chi connectivity index (χ1) is 20.4. The fraction of sp³-hybridized carbons (Fsp3) is 0.344. The van der Waals surface area contributed by atoms with Gasteiger partial charge in [0.25, 0.3) is 11.8 Å². The summed E-state index contributed by atoms with van der Waals surface area (Å²) in [6.45, 7) is 2.86. The van der Waals surface area contributed by atoms with Crippen LogP contribution in [0.5, 0.6) is 23.0 Å². The summed E-state index contributed by atoms with van der Waals surface area (Å²) in [5, 5.41) is 2.85. The molecule has 4 aliphatic rings. The first-order valence-electron chi connectivity index (χ1n) is 14.1. The second kappa shape index (κ2) is 11.6. The van der Waals surface area contributed by atoms with Crippen molar-refractivity contribution in [3.63, 3.8) is 0 Å². The molecule has 3 aromatic carbocycles. The van der Waals surface area contributed by atoms with Gasteiger partial charge in [-0.3, -0.25) is 19.3 Å².